The Labute approximate surface area is 186 Å². The number of benzene rings is 3. The number of piperidine rings is 1. The Balaban J connectivity index is 1.47. The van der Waals surface area contributed by atoms with Crippen LogP contribution in [-0.4, -0.2) is 23.9 Å². The first-order chi connectivity index (χ1) is 15.1. The molecule has 4 rings (SSSR count). The third-order valence-electron chi connectivity index (χ3n) is 6.67. The highest BCUT2D eigenvalue weighted by Gasteiger charge is 2.39. The summed E-state index contributed by atoms with van der Waals surface area (Å²) in [4.78, 5) is 15.7. The minimum Gasteiger partial charge on any atom is -0.326 e. The first-order valence-electron chi connectivity index (χ1n) is 11.3. The van der Waals surface area contributed by atoms with Crippen molar-refractivity contribution in [3.8, 4) is 0 Å². The monoisotopic (exact) mass is 412 g/mol. The summed E-state index contributed by atoms with van der Waals surface area (Å²) in [6.45, 7) is 6.04. The number of aryl methyl sites for hydroxylation is 1. The maximum atomic E-state index is 13.1. The van der Waals surface area contributed by atoms with Crippen LogP contribution >= 0.6 is 0 Å². The Morgan fingerprint density at radius 2 is 1.39 bits per heavy atom. The third kappa shape index (κ3) is 4.88. The molecule has 1 saturated heterocycles. The van der Waals surface area contributed by atoms with Crippen molar-refractivity contribution in [2.75, 3.05) is 18.4 Å². The fourth-order valence-corrected chi connectivity index (χ4v) is 4.49. The van der Waals surface area contributed by atoms with Crippen LogP contribution in [0, 0.1) is 5.41 Å². The smallest absolute Gasteiger partial charge is 0.230 e. The zero-order valence-electron chi connectivity index (χ0n) is 18.6. The lowest BCUT2D eigenvalue weighted by Crippen LogP contribution is -2.46. The molecular formula is C28H32N2O. The number of nitrogens with zero attached hydrogens (tertiary/aromatic N) is 1. The van der Waals surface area contributed by atoms with Crippen LogP contribution in [-0.2, 0) is 11.2 Å². The van der Waals surface area contributed by atoms with Gasteiger partial charge in [-0.25, -0.2) is 0 Å². The molecule has 0 radical (unpaired) electrons. The lowest BCUT2D eigenvalue weighted by molar-refractivity contribution is -0.127. The van der Waals surface area contributed by atoms with Crippen LogP contribution in [0.4, 0.5) is 5.69 Å². The van der Waals surface area contributed by atoms with Crippen molar-refractivity contribution in [1.82, 2.24) is 4.90 Å². The maximum absolute atomic E-state index is 13.1. The first kappa shape index (κ1) is 21.3. The predicted molar refractivity (Wildman–Crippen MR) is 128 cm³/mol. The van der Waals surface area contributed by atoms with Crippen LogP contribution in [0.25, 0.3) is 0 Å². The summed E-state index contributed by atoms with van der Waals surface area (Å²) in [5, 5.41) is 3.15. The van der Waals surface area contributed by atoms with Crippen molar-refractivity contribution in [2.45, 2.75) is 39.2 Å². The predicted octanol–water partition coefficient (Wildman–Crippen LogP) is 6.08. The summed E-state index contributed by atoms with van der Waals surface area (Å²) in [5.41, 5.74) is 4.43. The minimum atomic E-state index is -0.349. The van der Waals surface area contributed by atoms with Gasteiger partial charge in [-0.05, 0) is 48.1 Å². The highest BCUT2D eigenvalue weighted by molar-refractivity contribution is 5.95. The number of carbonyl (C=O) groups excluding carboxylic acids is 1. The first-order valence-corrected chi connectivity index (χ1v) is 11.3. The molecular weight excluding hydrogens is 380 g/mol. The summed E-state index contributed by atoms with van der Waals surface area (Å²) in [5.74, 6) is 0.132. The molecule has 0 aromatic heterocycles. The Kier molecular flexibility index (Phi) is 6.53. The summed E-state index contributed by atoms with van der Waals surface area (Å²) >= 11 is 0. The fourth-order valence-electron chi connectivity index (χ4n) is 4.49. The zero-order chi connectivity index (χ0) is 21.7. The van der Waals surface area contributed by atoms with E-state index >= 15 is 0 Å². The van der Waals surface area contributed by atoms with Gasteiger partial charge in [0, 0.05) is 24.2 Å². The van der Waals surface area contributed by atoms with Gasteiger partial charge >= 0.3 is 0 Å². The second kappa shape index (κ2) is 9.49. The molecule has 0 unspecified atom stereocenters. The molecule has 0 saturated carbocycles. The molecule has 1 fully saturated rings. The molecule has 1 N–H and O–H groups in total. The number of anilines is 1. The molecule has 31 heavy (non-hydrogen) atoms. The largest absolute Gasteiger partial charge is 0.326 e. The summed E-state index contributed by atoms with van der Waals surface area (Å²) in [6.07, 6.45) is 2.70. The van der Waals surface area contributed by atoms with Crippen molar-refractivity contribution in [3.05, 3.63) is 102 Å². The summed E-state index contributed by atoms with van der Waals surface area (Å²) < 4.78 is 0. The Bertz CT molecular complexity index is 935. The summed E-state index contributed by atoms with van der Waals surface area (Å²) in [7, 11) is 0. The van der Waals surface area contributed by atoms with Crippen LogP contribution in [0.3, 0.4) is 0 Å². The van der Waals surface area contributed by atoms with Crippen LogP contribution in [0.5, 0.6) is 0 Å². The molecule has 1 aliphatic rings. The van der Waals surface area contributed by atoms with Gasteiger partial charge in [0.2, 0.25) is 5.91 Å². The maximum Gasteiger partial charge on any atom is 0.230 e. The van der Waals surface area contributed by atoms with Crippen LogP contribution in [0.15, 0.2) is 84.9 Å². The molecule has 160 valence electrons. The average Bonchev–Trinajstić information content (AvgIpc) is 2.82. The summed E-state index contributed by atoms with van der Waals surface area (Å²) in [6, 6.07) is 29.8. The van der Waals surface area contributed by atoms with Gasteiger partial charge in [-0.2, -0.15) is 0 Å². The van der Waals surface area contributed by atoms with E-state index in [1.165, 1.54) is 16.7 Å². The second-order valence-electron chi connectivity index (χ2n) is 8.83. The van der Waals surface area contributed by atoms with Crippen molar-refractivity contribution in [3.63, 3.8) is 0 Å². The molecule has 1 aliphatic heterocycles. The number of likely N-dealkylation sites (tertiary alicyclic amines) is 1. The number of nitrogens with one attached hydrogen (secondary N) is 1. The van der Waals surface area contributed by atoms with Crippen molar-refractivity contribution < 1.29 is 4.79 Å². The fraction of sp³-hybridized carbons (Fsp3) is 0.321. The molecule has 0 atom stereocenters. The molecule has 1 amide bonds. The number of hydrogen-bond acceptors (Lipinski definition) is 2. The van der Waals surface area contributed by atoms with E-state index in [0.29, 0.717) is 0 Å². The molecule has 3 aromatic rings. The van der Waals surface area contributed by atoms with Gasteiger partial charge in [0.1, 0.15) is 0 Å². The van der Waals surface area contributed by atoms with E-state index in [9.17, 15) is 4.79 Å². The second-order valence-corrected chi connectivity index (χ2v) is 8.83. The van der Waals surface area contributed by atoms with Gasteiger partial charge in [0.05, 0.1) is 6.04 Å². The molecule has 3 heteroatoms. The Morgan fingerprint density at radius 3 is 1.87 bits per heavy atom. The molecule has 1 heterocycles. The van der Waals surface area contributed by atoms with Crippen LogP contribution < -0.4 is 5.32 Å². The zero-order valence-corrected chi connectivity index (χ0v) is 18.6. The lowest BCUT2D eigenvalue weighted by Gasteiger charge is -2.42. The lowest BCUT2D eigenvalue weighted by atomic mass is 9.78. The third-order valence-corrected chi connectivity index (χ3v) is 6.67. The van der Waals surface area contributed by atoms with Gasteiger partial charge in [0.15, 0.2) is 0 Å². The van der Waals surface area contributed by atoms with Gasteiger partial charge in [-0.3, -0.25) is 9.69 Å². The molecule has 3 nitrogen and oxygen atoms in total. The number of amides is 1. The van der Waals surface area contributed by atoms with E-state index < -0.39 is 0 Å². The van der Waals surface area contributed by atoms with E-state index in [1.54, 1.807) is 0 Å². The molecule has 0 bridgehead atoms. The molecule has 0 aliphatic carbocycles. The highest BCUT2D eigenvalue weighted by Crippen LogP contribution is 2.38. The van der Waals surface area contributed by atoms with Gasteiger partial charge in [0.25, 0.3) is 0 Å². The van der Waals surface area contributed by atoms with Gasteiger partial charge in [-0.15, -0.1) is 0 Å². The number of rotatable bonds is 6. The van der Waals surface area contributed by atoms with Gasteiger partial charge < -0.3 is 5.32 Å². The molecule has 3 aromatic carbocycles. The normalized spacial score (nSPS) is 16.2. The Morgan fingerprint density at radius 1 is 0.871 bits per heavy atom. The van der Waals surface area contributed by atoms with E-state index in [2.05, 4.69) is 96.9 Å². The Hall–Kier alpha value is -2.91. The number of carbonyl (C=O) groups is 1. The van der Waals surface area contributed by atoms with E-state index in [1.807, 2.05) is 12.1 Å². The highest BCUT2D eigenvalue weighted by atomic mass is 16.2. The quantitative estimate of drug-likeness (QED) is 0.532. The van der Waals surface area contributed by atoms with E-state index in [-0.39, 0.29) is 17.4 Å². The number of hydrogen-bond donors (Lipinski definition) is 1. The van der Waals surface area contributed by atoms with Crippen LogP contribution in [0.1, 0.15) is 49.4 Å². The van der Waals surface area contributed by atoms with Crippen molar-refractivity contribution in [2.24, 2.45) is 5.41 Å². The van der Waals surface area contributed by atoms with E-state index in [4.69, 9.17) is 0 Å². The minimum absolute atomic E-state index is 0.132. The SMILES string of the molecule is CCc1ccc(NC(=O)C2(C)CCN(C(c3ccccc3)c3ccccc3)CC2)cc1. The van der Waals surface area contributed by atoms with Crippen LogP contribution in [0.2, 0.25) is 0 Å². The van der Waals surface area contributed by atoms with Crippen molar-refractivity contribution in [1.29, 1.82) is 0 Å². The molecule has 0 spiro atoms. The van der Waals surface area contributed by atoms with Gasteiger partial charge in [-0.1, -0.05) is 86.6 Å². The topological polar surface area (TPSA) is 32.3 Å². The average molecular weight is 413 g/mol. The standard InChI is InChI=1S/C28H32N2O/c1-3-22-14-16-25(17-15-22)29-27(31)28(2)18-20-30(21-19-28)26(23-10-6-4-7-11-23)24-12-8-5-9-13-24/h4-17,26H,3,18-21H2,1-2H3,(H,29,31). The van der Waals surface area contributed by atoms with Crippen molar-refractivity contribution >= 4 is 11.6 Å². The van der Waals surface area contributed by atoms with E-state index in [0.717, 1.165) is 38.0 Å².